The molecule has 3 fully saturated rings. The molecule has 2 aliphatic heterocycles. The van der Waals surface area contributed by atoms with Crippen molar-refractivity contribution in [2.24, 2.45) is 0 Å². The Morgan fingerprint density at radius 2 is 1.97 bits per heavy atom. The molecule has 8 nitrogen and oxygen atoms in total. The number of fused-ring (bicyclic) bond motifs is 3. The van der Waals surface area contributed by atoms with Crippen molar-refractivity contribution in [3.63, 3.8) is 0 Å². The Morgan fingerprint density at radius 1 is 1.13 bits per heavy atom. The predicted octanol–water partition coefficient (Wildman–Crippen LogP) is 2.98. The van der Waals surface area contributed by atoms with Crippen molar-refractivity contribution in [1.82, 2.24) is 24.5 Å². The summed E-state index contributed by atoms with van der Waals surface area (Å²) in [5.41, 5.74) is 0.0815. The zero-order valence-corrected chi connectivity index (χ0v) is 16.2. The number of hydrogen-bond donors (Lipinski definition) is 0. The van der Waals surface area contributed by atoms with E-state index in [1.807, 2.05) is 6.07 Å². The highest BCUT2D eigenvalue weighted by atomic mass is 19.4. The van der Waals surface area contributed by atoms with Crippen molar-refractivity contribution in [3.05, 3.63) is 42.4 Å². The largest absolute Gasteiger partial charge is 0.441 e. The highest BCUT2D eigenvalue weighted by Crippen LogP contribution is 2.50. The summed E-state index contributed by atoms with van der Waals surface area (Å²) in [7, 11) is 0. The standard InChI is InChI=1S/C20H17F3N6O2/c21-20(22,23)14-1-2-16-25-10-13(29(16)26-14)12-3-6-24-17(9-12)27-7-8-28-15(11-27)19(4-5-19)31-18(28)30/h1-3,6,9-10,15H,4-5,7-8,11H2/t15-/m0/s1. The number of alkyl halides is 3. The Bertz CT molecular complexity index is 1210. The van der Waals surface area contributed by atoms with Crippen LogP contribution in [0, 0.1) is 0 Å². The van der Waals surface area contributed by atoms with Crippen molar-refractivity contribution < 1.29 is 22.7 Å². The number of imidazole rings is 1. The minimum atomic E-state index is -4.54. The molecule has 1 saturated carbocycles. The molecule has 1 spiro atoms. The second kappa shape index (κ2) is 6.08. The summed E-state index contributed by atoms with van der Waals surface area (Å²) in [5.74, 6) is 0.689. The van der Waals surface area contributed by atoms with Gasteiger partial charge in [0.25, 0.3) is 0 Å². The van der Waals surface area contributed by atoms with E-state index in [9.17, 15) is 18.0 Å². The van der Waals surface area contributed by atoms with Crippen LogP contribution in [-0.2, 0) is 10.9 Å². The first-order valence-electron chi connectivity index (χ1n) is 9.97. The third kappa shape index (κ3) is 2.82. The topological polar surface area (TPSA) is 75.9 Å². The molecule has 2 saturated heterocycles. The number of aromatic nitrogens is 4. The number of hydrogen-bond acceptors (Lipinski definition) is 6. The summed E-state index contributed by atoms with van der Waals surface area (Å²) < 4.78 is 46.1. The molecule has 0 radical (unpaired) electrons. The molecule has 1 amide bonds. The van der Waals surface area contributed by atoms with Crippen LogP contribution in [0.4, 0.5) is 23.8 Å². The monoisotopic (exact) mass is 430 g/mol. The summed E-state index contributed by atoms with van der Waals surface area (Å²) in [4.78, 5) is 24.6. The zero-order valence-electron chi connectivity index (χ0n) is 16.2. The molecule has 11 heteroatoms. The number of nitrogens with zero attached hydrogens (tertiary/aromatic N) is 6. The third-order valence-electron chi connectivity index (χ3n) is 6.27. The Labute approximate surface area is 174 Å². The van der Waals surface area contributed by atoms with E-state index in [-0.39, 0.29) is 17.7 Å². The lowest BCUT2D eigenvalue weighted by Gasteiger charge is -2.37. The first-order valence-corrected chi connectivity index (χ1v) is 9.97. The smallest absolute Gasteiger partial charge is 0.435 e. The van der Waals surface area contributed by atoms with Gasteiger partial charge in [0.2, 0.25) is 0 Å². The summed E-state index contributed by atoms with van der Waals surface area (Å²) >= 11 is 0. The average Bonchev–Trinajstić information content (AvgIpc) is 3.32. The molecule has 6 rings (SSSR count). The number of ether oxygens (including phenoxy) is 1. The fourth-order valence-corrected chi connectivity index (χ4v) is 4.49. The SMILES string of the molecule is O=C1OC2(CC2)[C@@H]2CN(c3cc(-c4cnc5ccc(C(F)(F)F)nn45)ccn3)CCN12. The molecule has 3 aromatic rings. The first kappa shape index (κ1) is 18.4. The molecule has 1 atom stereocenters. The van der Waals surface area contributed by atoms with E-state index in [1.165, 1.54) is 16.8 Å². The maximum Gasteiger partial charge on any atom is 0.435 e. The van der Waals surface area contributed by atoms with Crippen molar-refractivity contribution in [2.45, 2.75) is 30.7 Å². The van der Waals surface area contributed by atoms with Gasteiger partial charge in [0.05, 0.1) is 17.9 Å². The van der Waals surface area contributed by atoms with Gasteiger partial charge in [-0.05, 0) is 37.1 Å². The third-order valence-corrected chi connectivity index (χ3v) is 6.27. The van der Waals surface area contributed by atoms with Gasteiger partial charge in [0.15, 0.2) is 11.3 Å². The molecule has 160 valence electrons. The Balaban J connectivity index is 1.33. The van der Waals surface area contributed by atoms with E-state index < -0.39 is 11.9 Å². The number of piperazine rings is 1. The number of carbonyl (C=O) groups excluding carboxylic acids is 1. The van der Waals surface area contributed by atoms with Crippen LogP contribution in [0.3, 0.4) is 0 Å². The Kier molecular flexibility index (Phi) is 3.61. The van der Waals surface area contributed by atoms with Crippen LogP contribution in [0.5, 0.6) is 0 Å². The number of halogens is 3. The predicted molar refractivity (Wildman–Crippen MR) is 102 cm³/mol. The molecular weight excluding hydrogens is 413 g/mol. The van der Waals surface area contributed by atoms with E-state index in [0.29, 0.717) is 42.4 Å². The van der Waals surface area contributed by atoms with Gasteiger partial charge in [-0.25, -0.2) is 19.3 Å². The Hall–Kier alpha value is -3.37. The molecule has 0 aromatic carbocycles. The lowest BCUT2D eigenvalue weighted by molar-refractivity contribution is -0.141. The summed E-state index contributed by atoms with van der Waals surface area (Å²) in [5, 5.41) is 3.74. The van der Waals surface area contributed by atoms with Gasteiger partial charge in [-0.2, -0.15) is 18.3 Å². The van der Waals surface area contributed by atoms with Crippen LogP contribution in [0.25, 0.3) is 16.9 Å². The van der Waals surface area contributed by atoms with Gasteiger partial charge in [0.1, 0.15) is 11.4 Å². The van der Waals surface area contributed by atoms with Gasteiger partial charge in [-0.15, -0.1) is 0 Å². The molecule has 3 aliphatic rings. The molecule has 31 heavy (non-hydrogen) atoms. The van der Waals surface area contributed by atoms with Crippen molar-refractivity contribution >= 4 is 17.6 Å². The van der Waals surface area contributed by atoms with Crippen molar-refractivity contribution in [2.75, 3.05) is 24.5 Å². The average molecular weight is 430 g/mol. The number of rotatable bonds is 2. The maximum atomic E-state index is 13.1. The van der Waals surface area contributed by atoms with Crippen LogP contribution in [0.15, 0.2) is 36.7 Å². The molecule has 1 aliphatic carbocycles. The number of pyridine rings is 1. The normalized spacial score (nSPS) is 22.2. The second-order valence-electron chi connectivity index (χ2n) is 8.12. The van der Waals surface area contributed by atoms with Crippen molar-refractivity contribution in [1.29, 1.82) is 0 Å². The molecule has 0 bridgehead atoms. The van der Waals surface area contributed by atoms with Gasteiger partial charge < -0.3 is 9.64 Å². The van der Waals surface area contributed by atoms with Crippen LogP contribution in [-0.4, -0.2) is 61.9 Å². The minimum Gasteiger partial charge on any atom is -0.441 e. The highest BCUT2D eigenvalue weighted by molar-refractivity contribution is 5.73. The minimum absolute atomic E-state index is 0.00832. The first-order chi connectivity index (χ1) is 14.8. The van der Waals surface area contributed by atoms with Gasteiger partial charge in [-0.3, -0.25) is 4.90 Å². The molecule has 0 unspecified atom stereocenters. The molecule has 3 aromatic heterocycles. The summed E-state index contributed by atoms with van der Waals surface area (Å²) in [6.07, 6.45) is 0.0708. The van der Waals surface area contributed by atoms with E-state index in [2.05, 4.69) is 20.0 Å². The van der Waals surface area contributed by atoms with Crippen LogP contribution < -0.4 is 4.90 Å². The van der Waals surface area contributed by atoms with Crippen LogP contribution in [0.1, 0.15) is 18.5 Å². The van der Waals surface area contributed by atoms with E-state index in [0.717, 1.165) is 18.9 Å². The molecule has 5 heterocycles. The fraction of sp³-hybridized carbons (Fsp3) is 0.400. The van der Waals surface area contributed by atoms with E-state index in [1.54, 1.807) is 17.2 Å². The number of anilines is 1. The lowest BCUT2D eigenvalue weighted by Crippen LogP contribution is -2.54. The van der Waals surface area contributed by atoms with E-state index >= 15 is 0 Å². The lowest BCUT2D eigenvalue weighted by atomic mass is 10.1. The fourth-order valence-electron chi connectivity index (χ4n) is 4.49. The molecule has 0 N–H and O–H groups in total. The molecular formula is C20H17F3N6O2. The quantitative estimate of drug-likeness (QED) is 0.622. The van der Waals surface area contributed by atoms with Gasteiger partial charge >= 0.3 is 12.3 Å². The number of amides is 1. The van der Waals surface area contributed by atoms with Gasteiger partial charge in [-0.1, -0.05) is 0 Å². The van der Waals surface area contributed by atoms with Crippen LogP contribution in [0.2, 0.25) is 0 Å². The number of carbonyl (C=O) groups is 1. The Morgan fingerprint density at radius 3 is 2.74 bits per heavy atom. The van der Waals surface area contributed by atoms with Crippen molar-refractivity contribution in [3.8, 4) is 11.3 Å². The zero-order chi connectivity index (χ0) is 21.4. The van der Waals surface area contributed by atoms with Gasteiger partial charge in [0, 0.05) is 31.4 Å². The summed E-state index contributed by atoms with van der Waals surface area (Å²) in [6.45, 7) is 1.75. The maximum absolute atomic E-state index is 13.1. The van der Waals surface area contributed by atoms with Crippen LogP contribution >= 0.6 is 0 Å². The summed E-state index contributed by atoms with van der Waals surface area (Å²) in [6, 6.07) is 5.74. The van der Waals surface area contributed by atoms with E-state index in [4.69, 9.17) is 4.74 Å². The highest BCUT2D eigenvalue weighted by Gasteiger charge is 2.63. The second-order valence-corrected chi connectivity index (χ2v) is 8.12.